The van der Waals surface area contributed by atoms with E-state index in [0.29, 0.717) is 5.75 Å². The van der Waals surface area contributed by atoms with Crippen molar-refractivity contribution in [3.63, 3.8) is 0 Å². The third kappa shape index (κ3) is 3.91. The molecule has 1 atom stereocenters. The minimum Gasteiger partial charge on any atom is -0.465 e. The molecule has 1 unspecified atom stereocenters. The molecule has 0 spiro atoms. The number of carbonyl (C=O) groups excluding carboxylic acids is 3. The second-order valence-corrected chi connectivity index (χ2v) is 3.80. The molecule has 0 aliphatic rings. The first-order valence-electron chi connectivity index (χ1n) is 4.42. The van der Waals surface area contributed by atoms with Gasteiger partial charge in [0.2, 0.25) is 5.78 Å². The van der Waals surface area contributed by atoms with E-state index in [1.807, 2.05) is 0 Å². The zero-order valence-corrected chi connectivity index (χ0v) is 9.35. The Labute approximate surface area is 87.4 Å². The van der Waals surface area contributed by atoms with Crippen molar-refractivity contribution >= 4 is 28.6 Å². The number of hydrogen-bond acceptors (Lipinski definition) is 5. The summed E-state index contributed by atoms with van der Waals surface area (Å²) in [6, 6.07) is 0. The Bertz CT molecular complexity index is 237. The van der Waals surface area contributed by atoms with Gasteiger partial charge in [-0.25, -0.2) is 0 Å². The minimum atomic E-state index is -0.985. The highest BCUT2D eigenvalue weighted by atomic mass is 32.2. The lowest BCUT2D eigenvalue weighted by Gasteiger charge is -2.07. The topological polar surface area (TPSA) is 60.4 Å². The summed E-state index contributed by atoms with van der Waals surface area (Å²) in [4.78, 5) is 33.5. The standard InChI is InChI=1S/C9H14O4S/c1-4-13-8(11)6(3)7(10)9(12)14-5-2/h6H,4-5H2,1-3H3. The summed E-state index contributed by atoms with van der Waals surface area (Å²) in [5, 5.41) is -0.576. The lowest BCUT2D eigenvalue weighted by Crippen LogP contribution is -2.28. The van der Waals surface area contributed by atoms with Crippen LogP contribution in [0.1, 0.15) is 20.8 Å². The van der Waals surface area contributed by atoms with Crippen LogP contribution in [0.4, 0.5) is 0 Å². The van der Waals surface area contributed by atoms with Crippen LogP contribution in [0.25, 0.3) is 0 Å². The van der Waals surface area contributed by atoms with E-state index < -0.39 is 22.8 Å². The van der Waals surface area contributed by atoms with Crippen molar-refractivity contribution in [2.45, 2.75) is 20.8 Å². The summed E-state index contributed by atoms with van der Waals surface area (Å²) >= 11 is 0.907. The number of esters is 1. The monoisotopic (exact) mass is 218 g/mol. The smallest absolute Gasteiger partial charge is 0.316 e. The maximum absolute atomic E-state index is 11.3. The Morgan fingerprint density at radius 2 is 1.86 bits per heavy atom. The Hall–Kier alpha value is -0.840. The van der Waals surface area contributed by atoms with Gasteiger partial charge in [-0.05, 0) is 19.6 Å². The van der Waals surface area contributed by atoms with Gasteiger partial charge in [-0.15, -0.1) is 0 Å². The van der Waals surface area contributed by atoms with Crippen LogP contribution >= 0.6 is 11.8 Å². The summed E-state index contributed by atoms with van der Waals surface area (Å²) in [6.07, 6.45) is 0. The van der Waals surface area contributed by atoms with Crippen LogP contribution in [-0.4, -0.2) is 29.2 Å². The zero-order valence-electron chi connectivity index (χ0n) is 8.53. The fourth-order valence-corrected chi connectivity index (χ4v) is 1.33. The molecule has 0 aromatic heterocycles. The van der Waals surface area contributed by atoms with Crippen molar-refractivity contribution in [1.29, 1.82) is 0 Å². The minimum absolute atomic E-state index is 0.214. The third-order valence-corrected chi connectivity index (χ3v) is 2.26. The van der Waals surface area contributed by atoms with E-state index in [4.69, 9.17) is 0 Å². The van der Waals surface area contributed by atoms with E-state index in [-0.39, 0.29) is 6.61 Å². The molecule has 0 aromatic rings. The van der Waals surface area contributed by atoms with Gasteiger partial charge < -0.3 is 4.74 Å². The van der Waals surface area contributed by atoms with Crippen molar-refractivity contribution in [3.05, 3.63) is 0 Å². The first-order chi connectivity index (χ1) is 6.54. The van der Waals surface area contributed by atoms with Gasteiger partial charge in [0.1, 0.15) is 5.92 Å². The summed E-state index contributed by atoms with van der Waals surface area (Å²) in [5.74, 6) is -1.78. The second kappa shape index (κ2) is 6.59. The highest BCUT2D eigenvalue weighted by molar-refractivity contribution is 8.15. The summed E-state index contributed by atoms with van der Waals surface area (Å²) in [5.41, 5.74) is 0. The van der Waals surface area contributed by atoms with E-state index in [2.05, 4.69) is 4.74 Å². The molecule has 0 saturated heterocycles. The highest BCUT2D eigenvalue weighted by Gasteiger charge is 2.28. The second-order valence-electron chi connectivity index (χ2n) is 2.56. The van der Waals surface area contributed by atoms with Gasteiger partial charge in [-0.2, -0.15) is 0 Å². The molecule has 0 heterocycles. The predicted molar refractivity (Wildman–Crippen MR) is 53.9 cm³/mol. The van der Waals surface area contributed by atoms with E-state index in [1.165, 1.54) is 6.92 Å². The molecular weight excluding hydrogens is 204 g/mol. The number of Topliss-reactive ketones (excluding diaryl/α,β-unsaturated/α-hetero) is 1. The Balaban J connectivity index is 4.24. The average Bonchev–Trinajstić information content (AvgIpc) is 2.16. The Kier molecular flexibility index (Phi) is 6.19. The largest absolute Gasteiger partial charge is 0.465 e. The van der Waals surface area contributed by atoms with E-state index in [0.717, 1.165) is 11.8 Å². The number of ketones is 1. The van der Waals surface area contributed by atoms with Crippen molar-refractivity contribution in [2.24, 2.45) is 5.92 Å². The van der Waals surface area contributed by atoms with Crippen LogP contribution in [0.5, 0.6) is 0 Å². The van der Waals surface area contributed by atoms with Crippen LogP contribution in [0.15, 0.2) is 0 Å². The molecule has 5 heteroatoms. The third-order valence-electron chi connectivity index (χ3n) is 1.51. The van der Waals surface area contributed by atoms with Crippen LogP contribution in [-0.2, 0) is 19.1 Å². The van der Waals surface area contributed by atoms with Crippen LogP contribution in [0.2, 0.25) is 0 Å². The van der Waals surface area contributed by atoms with Gasteiger partial charge in [0, 0.05) is 0 Å². The summed E-state index contributed by atoms with van der Waals surface area (Å²) in [7, 11) is 0. The molecule has 0 radical (unpaired) electrons. The van der Waals surface area contributed by atoms with Gasteiger partial charge in [-0.1, -0.05) is 18.7 Å². The molecule has 0 aliphatic carbocycles. The molecular formula is C9H14O4S. The summed E-state index contributed by atoms with van der Waals surface area (Å²) in [6.45, 7) is 5.02. The number of hydrogen-bond donors (Lipinski definition) is 0. The molecule has 14 heavy (non-hydrogen) atoms. The number of ether oxygens (including phenoxy) is 1. The zero-order chi connectivity index (χ0) is 11.1. The van der Waals surface area contributed by atoms with Gasteiger partial charge in [-0.3, -0.25) is 14.4 Å². The van der Waals surface area contributed by atoms with Crippen LogP contribution < -0.4 is 0 Å². The molecule has 0 fully saturated rings. The fraction of sp³-hybridized carbons (Fsp3) is 0.667. The van der Waals surface area contributed by atoms with Crippen molar-refractivity contribution in [2.75, 3.05) is 12.4 Å². The average molecular weight is 218 g/mol. The highest BCUT2D eigenvalue weighted by Crippen LogP contribution is 2.09. The molecule has 0 aliphatic heterocycles. The molecule has 4 nitrogen and oxygen atoms in total. The van der Waals surface area contributed by atoms with Gasteiger partial charge >= 0.3 is 5.97 Å². The van der Waals surface area contributed by atoms with E-state index >= 15 is 0 Å². The molecule has 0 amide bonds. The lowest BCUT2D eigenvalue weighted by molar-refractivity contribution is -0.152. The Morgan fingerprint density at radius 3 is 2.29 bits per heavy atom. The summed E-state index contributed by atoms with van der Waals surface area (Å²) < 4.78 is 4.63. The van der Waals surface area contributed by atoms with E-state index in [1.54, 1.807) is 13.8 Å². The maximum atomic E-state index is 11.3. The first kappa shape index (κ1) is 13.2. The molecule has 0 bridgehead atoms. The first-order valence-corrected chi connectivity index (χ1v) is 5.40. The Morgan fingerprint density at radius 1 is 1.29 bits per heavy atom. The number of rotatable bonds is 5. The fourth-order valence-electron chi connectivity index (χ4n) is 0.753. The molecule has 0 saturated carbocycles. The van der Waals surface area contributed by atoms with Gasteiger partial charge in [0.25, 0.3) is 5.12 Å². The molecule has 0 N–H and O–H groups in total. The maximum Gasteiger partial charge on any atom is 0.316 e. The quantitative estimate of drug-likeness (QED) is 0.392. The van der Waals surface area contributed by atoms with Crippen LogP contribution in [0, 0.1) is 5.92 Å². The van der Waals surface area contributed by atoms with Crippen molar-refractivity contribution in [1.82, 2.24) is 0 Å². The van der Waals surface area contributed by atoms with Crippen molar-refractivity contribution in [3.8, 4) is 0 Å². The predicted octanol–water partition coefficient (Wildman–Crippen LogP) is 1.03. The van der Waals surface area contributed by atoms with Gasteiger partial charge in [0.05, 0.1) is 6.61 Å². The van der Waals surface area contributed by atoms with Crippen LogP contribution in [0.3, 0.4) is 0 Å². The molecule has 0 rings (SSSR count). The van der Waals surface area contributed by atoms with E-state index in [9.17, 15) is 14.4 Å². The van der Waals surface area contributed by atoms with Gasteiger partial charge in [0.15, 0.2) is 0 Å². The number of carbonyl (C=O) groups is 3. The lowest BCUT2D eigenvalue weighted by atomic mass is 10.1. The molecule has 0 aromatic carbocycles. The van der Waals surface area contributed by atoms with Crippen molar-refractivity contribution < 1.29 is 19.1 Å². The molecule has 80 valence electrons. The number of thioether (sulfide) groups is 1. The normalized spacial score (nSPS) is 11.9. The SMILES string of the molecule is CCOC(=O)C(C)C(=O)C(=O)SCC.